The smallest absolute Gasteiger partial charge is 0.124 e. The summed E-state index contributed by atoms with van der Waals surface area (Å²) in [6.45, 7) is 6.60. The number of β-amino-alcohol motifs (C(OH)–C–C–N with tert-alkyl or cyclic N) is 1. The second-order valence-corrected chi connectivity index (χ2v) is 11.0. The van der Waals surface area contributed by atoms with Gasteiger partial charge in [-0.25, -0.2) is 4.98 Å². The lowest BCUT2D eigenvalue weighted by molar-refractivity contribution is 0.0453. The summed E-state index contributed by atoms with van der Waals surface area (Å²) >= 11 is 1.68. The molecule has 0 bridgehead atoms. The van der Waals surface area contributed by atoms with E-state index in [2.05, 4.69) is 57.5 Å². The van der Waals surface area contributed by atoms with Crippen molar-refractivity contribution in [2.24, 2.45) is 0 Å². The topological polar surface area (TPSA) is 66.7 Å². The monoisotopic (exact) mass is 539 g/mol. The van der Waals surface area contributed by atoms with Crippen LogP contribution in [0.3, 0.4) is 0 Å². The van der Waals surface area contributed by atoms with Crippen LogP contribution < -0.4 is 4.74 Å². The normalized spacial score (nSPS) is 15.5. The van der Waals surface area contributed by atoms with E-state index in [1.54, 1.807) is 11.3 Å². The molecule has 0 amide bonds. The lowest BCUT2D eigenvalue weighted by Crippen LogP contribution is -2.49. The first-order valence-corrected chi connectivity index (χ1v) is 14.3. The number of piperazine rings is 1. The molecule has 1 saturated heterocycles. The number of rotatable bonds is 10. The third kappa shape index (κ3) is 6.54. The van der Waals surface area contributed by atoms with Crippen molar-refractivity contribution < 1.29 is 9.84 Å². The minimum absolute atomic E-state index is 0.268. The van der Waals surface area contributed by atoms with Crippen LogP contribution in [0.5, 0.6) is 5.75 Å². The van der Waals surface area contributed by atoms with Crippen LogP contribution in [-0.2, 0) is 6.54 Å². The molecule has 5 aromatic rings. The quantitative estimate of drug-likeness (QED) is 0.273. The van der Waals surface area contributed by atoms with Gasteiger partial charge in [-0.15, -0.1) is 11.3 Å². The second kappa shape index (κ2) is 12.1. The van der Waals surface area contributed by atoms with Gasteiger partial charge in [-0.2, -0.15) is 5.10 Å². The summed E-state index contributed by atoms with van der Waals surface area (Å²) in [4.78, 5) is 9.57. The standard InChI is InChI=1S/C31H33N5O2S/c37-27(23-38-28-11-12-30-29(19-28)33-31(39-30)25-9-5-2-6-10-25)22-35-15-13-34(14-16-35)17-18-36-21-26(20-32-36)24-7-3-1-4-8-24/h1-12,19-21,27,37H,13-18,22-23H2/t27-/m1/s1. The molecule has 0 saturated carbocycles. The van der Waals surface area contributed by atoms with E-state index in [1.807, 2.05) is 53.3 Å². The van der Waals surface area contributed by atoms with E-state index in [0.29, 0.717) is 6.54 Å². The summed E-state index contributed by atoms with van der Waals surface area (Å²) in [5.41, 5.74) is 4.39. The van der Waals surface area contributed by atoms with Crippen LogP contribution in [-0.4, -0.2) is 81.7 Å². The molecule has 200 valence electrons. The van der Waals surface area contributed by atoms with Gasteiger partial charge in [-0.1, -0.05) is 60.7 Å². The SMILES string of the molecule is O[C@@H](COc1ccc2sc(-c3ccccc3)nc2c1)CN1CCN(CCn2cc(-c3ccccc3)cn2)CC1. The minimum atomic E-state index is -0.539. The van der Waals surface area contributed by atoms with Crippen molar-refractivity contribution in [3.63, 3.8) is 0 Å². The Morgan fingerprint density at radius 3 is 2.31 bits per heavy atom. The first-order chi connectivity index (χ1) is 19.2. The van der Waals surface area contributed by atoms with Crippen LogP contribution in [0.4, 0.5) is 0 Å². The fourth-order valence-electron chi connectivity index (χ4n) is 4.95. The van der Waals surface area contributed by atoms with Crippen molar-refractivity contribution in [2.45, 2.75) is 12.6 Å². The van der Waals surface area contributed by atoms with Gasteiger partial charge in [0.1, 0.15) is 23.5 Å². The zero-order chi connectivity index (χ0) is 26.4. The van der Waals surface area contributed by atoms with Crippen molar-refractivity contribution in [1.29, 1.82) is 0 Å². The molecule has 8 heteroatoms. The molecule has 1 fully saturated rings. The largest absolute Gasteiger partial charge is 0.491 e. The number of aromatic nitrogens is 3. The molecule has 1 atom stereocenters. The Morgan fingerprint density at radius 1 is 0.821 bits per heavy atom. The number of hydrogen-bond acceptors (Lipinski definition) is 7. The van der Waals surface area contributed by atoms with Gasteiger partial charge < -0.3 is 9.84 Å². The van der Waals surface area contributed by atoms with E-state index in [4.69, 9.17) is 9.72 Å². The average Bonchev–Trinajstić information content (AvgIpc) is 3.64. The number of aliphatic hydroxyl groups is 1. The number of thiazole rings is 1. The van der Waals surface area contributed by atoms with Gasteiger partial charge in [-0.05, 0) is 17.7 Å². The average molecular weight is 540 g/mol. The van der Waals surface area contributed by atoms with Crippen molar-refractivity contribution in [2.75, 3.05) is 45.9 Å². The Bertz CT molecular complexity index is 1480. The van der Waals surface area contributed by atoms with E-state index < -0.39 is 6.10 Å². The molecule has 2 aromatic heterocycles. The highest BCUT2D eigenvalue weighted by molar-refractivity contribution is 7.21. The van der Waals surface area contributed by atoms with Crippen LogP contribution >= 0.6 is 11.3 Å². The molecule has 1 aliphatic rings. The third-order valence-corrected chi connectivity index (χ3v) is 8.23. The maximum Gasteiger partial charge on any atom is 0.124 e. The number of aliphatic hydroxyl groups excluding tert-OH is 1. The van der Waals surface area contributed by atoms with Crippen molar-refractivity contribution in [1.82, 2.24) is 24.6 Å². The van der Waals surface area contributed by atoms with Gasteiger partial charge in [0.05, 0.1) is 23.0 Å². The fourth-order valence-corrected chi connectivity index (χ4v) is 5.90. The van der Waals surface area contributed by atoms with Crippen LogP contribution in [0, 0.1) is 0 Å². The number of hydrogen-bond donors (Lipinski definition) is 1. The molecule has 3 heterocycles. The Labute approximate surface area is 232 Å². The summed E-state index contributed by atoms with van der Waals surface area (Å²) in [6.07, 6.45) is 3.52. The molecular formula is C31H33N5O2S. The summed E-state index contributed by atoms with van der Waals surface area (Å²) < 4.78 is 9.10. The van der Waals surface area contributed by atoms with Crippen molar-refractivity contribution in [3.8, 4) is 27.4 Å². The molecule has 0 spiro atoms. The lowest BCUT2D eigenvalue weighted by atomic mass is 10.1. The molecule has 7 nitrogen and oxygen atoms in total. The van der Waals surface area contributed by atoms with Crippen LogP contribution in [0.2, 0.25) is 0 Å². The fraction of sp³-hybridized carbons (Fsp3) is 0.290. The number of benzene rings is 3. The van der Waals surface area contributed by atoms with Crippen LogP contribution in [0.1, 0.15) is 0 Å². The van der Waals surface area contributed by atoms with Gasteiger partial charge in [0.25, 0.3) is 0 Å². The highest BCUT2D eigenvalue weighted by Crippen LogP contribution is 2.32. The predicted octanol–water partition coefficient (Wildman–Crippen LogP) is 4.88. The first-order valence-electron chi connectivity index (χ1n) is 13.5. The maximum absolute atomic E-state index is 10.6. The molecule has 0 radical (unpaired) electrons. The molecule has 1 N–H and O–H groups in total. The molecule has 3 aromatic carbocycles. The Morgan fingerprint density at radius 2 is 1.54 bits per heavy atom. The van der Waals surface area contributed by atoms with E-state index in [9.17, 15) is 5.11 Å². The second-order valence-electron chi connectivity index (χ2n) is 9.98. The molecule has 39 heavy (non-hydrogen) atoms. The highest BCUT2D eigenvalue weighted by Gasteiger charge is 2.20. The van der Waals surface area contributed by atoms with Gasteiger partial charge in [0.2, 0.25) is 0 Å². The Hall–Kier alpha value is -3.56. The zero-order valence-corrected chi connectivity index (χ0v) is 22.7. The predicted molar refractivity (Wildman–Crippen MR) is 157 cm³/mol. The zero-order valence-electron chi connectivity index (χ0n) is 21.9. The van der Waals surface area contributed by atoms with Crippen molar-refractivity contribution >= 4 is 21.6 Å². The van der Waals surface area contributed by atoms with Gasteiger partial charge in [0, 0.05) is 62.7 Å². The van der Waals surface area contributed by atoms with Crippen LogP contribution in [0.15, 0.2) is 91.3 Å². The van der Waals surface area contributed by atoms with Gasteiger partial charge in [0.15, 0.2) is 0 Å². The maximum atomic E-state index is 10.6. The van der Waals surface area contributed by atoms with Crippen LogP contribution in [0.25, 0.3) is 31.9 Å². The van der Waals surface area contributed by atoms with Crippen molar-refractivity contribution in [3.05, 3.63) is 91.3 Å². The first kappa shape index (κ1) is 25.7. The van der Waals surface area contributed by atoms with E-state index in [0.717, 1.165) is 71.4 Å². The van der Waals surface area contributed by atoms with E-state index in [-0.39, 0.29) is 6.61 Å². The Kier molecular flexibility index (Phi) is 7.97. The summed E-state index contributed by atoms with van der Waals surface area (Å²) in [5, 5.41) is 16.2. The summed E-state index contributed by atoms with van der Waals surface area (Å²) in [6, 6.07) is 26.6. The molecular weight excluding hydrogens is 506 g/mol. The van der Waals surface area contributed by atoms with Gasteiger partial charge >= 0.3 is 0 Å². The van der Waals surface area contributed by atoms with E-state index >= 15 is 0 Å². The molecule has 0 aliphatic carbocycles. The molecule has 0 unspecified atom stereocenters. The molecule has 6 rings (SSSR count). The third-order valence-electron chi connectivity index (χ3n) is 7.14. The van der Waals surface area contributed by atoms with E-state index in [1.165, 1.54) is 5.56 Å². The highest BCUT2D eigenvalue weighted by atomic mass is 32.1. The number of nitrogens with zero attached hydrogens (tertiary/aromatic N) is 5. The lowest BCUT2D eigenvalue weighted by Gasteiger charge is -2.35. The molecule has 1 aliphatic heterocycles. The minimum Gasteiger partial charge on any atom is -0.491 e. The Balaban J connectivity index is 0.930. The summed E-state index contributed by atoms with van der Waals surface area (Å²) in [5.74, 6) is 0.741. The van der Waals surface area contributed by atoms with Gasteiger partial charge in [-0.3, -0.25) is 14.5 Å². The number of ether oxygens (including phenoxy) is 1. The number of fused-ring (bicyclic) bond motifs is 1. The summed E-state index contributed by atoms with van der Waals surface area (Å²) in [7, 11) is 0.